The largest absolute Gasteiger partial charge is 0.346 e. The number of carbonyl (C=O) groups excluding carboxylic acids is 1. The molecule has 0 bridgehead atoms. The first-order valence-electron chi connectivity index (χ1n) is 7.02. The summed E-state index contributed by atoms with van der Waals surface area (Å²) in [6.07, 6.45) is 0. The first-order valence-corrected chi connectivity index (χ1v) is 7.40. The van der Waals surface area contributed by atoms with E-state index in [1.54, 1.807) is 24.3 Å². The molecule has 0 aliphatic rings. The van der Waals surface area contributed by atoms with Gasteiger partial charge in [-0.05, 0) is 68.1 Å². The first kappa shape index (κ1) is 15.6. The lowest BCUT2D eigenvalue weighted by atomic mass is 9.96. The maximum absolute atomic E-state index is 12.3. The molecule has 21 heavy (non-hydrogen) atoms. The summed E-state index contributed by atoms with van der Waals surface area (Å²) in [7, 11) is 0. The van der Waals surface area contributed by atoms with Crippen LogP contribution in [0.3, 0.4) is 0 Å². The number of benzene rings is 2. The molecule has 2 nitrogen and oxygen atoms in total. The van der Waals surface area contributed by atoms with Crippen LogP contribution in [0.25, 0.3) is 0 Å². The predicted molar refractivity (Wildman–Crippen MR) is 88.0 cm³/mol. The van der Waals surface area contributed by atoms with Crippen LogP contribution in [0, 0.1) is 20.8 Å². The third kappa shape index (κ3) is 3.64. The van der Waals surface area contributed by atoms with Gasteiger partial charge in [0.1, 0.15) is 0 Å². The molecule has 0 spiro atoms. The Morgan fingerprint density at radius 3 is 2.38 bits per heavy atom. The summed E-state index contributed by atoms with van der Waals surface area (Å²) in [6, 6.07) is 11.2. The normalized spacial score (nSPS) is 12.0. The molecule has 3 heteroatoms. The zero-order chi connectivity index (χ0) is 15.6. The van der Waals surface area contributed by atoms with Gasteiger partial charge in [-0.2, -0.15) is 0 Å². The standard InChI is InChI=1S/C18H20ClNO/c1-11-8-13(3)17(9-12(11)2)14(4)20-18(21)15-6-5-7-16(19)10-15/h5-10,14H,1-4H3,(H,20,21)/t14-/m0/s1. The van der Waals surface area contributed by atoms with Gasteiger partial charge in [0.05, 0.1) is 6.04 Å². The van der Waals surface area contributed by atoms with Crippen molar-refractivity contribution >= 4 is 17.5 Å². The van der Waals surface area contributed by atoms with E-state index in [0.717, 1.165) is 5.56 Å². The highest BCUT2D eigenvalue weighted by Crippen LogP contribution is 2.22. The Morgan fingerprint density at radius 2 is 1.71 bits per heavy atom. The Hall–Kier alpha value is -1.80. The monoisotopic (exact) mass is 301 g/mol. The maximum atomic E-state index is 12.3. The molecule has 0 saturated heterocycles. The van der Waals surface area contributed by atoms with Gasteiger partial charge in [-0.25, -0.2) is 0 Å². The zero-order valence-electron chi connectivity index (χ0n) is 12.8. The molecule has 1 N–H and O–H groups in total. The number of halogens is 1. The number of hydrogen-bond donors (Lipinski definition) is 1. The molecule has 0 radical (unpaired) electrons. The third-order valence-electron chi connectivity index (χ3n) is 3.78. The molecule has 110 valence electrons. The smallest absolute Gasteiger partial charge is 0.251 e. The van der Waals surface area contributed by atoms with Crippen LogP contribution in [0.1, 0.15) is 45.6 Å². The number of amides is 1. The van der Waals surface area contributed by atoms with E-state index in [-0.39, 0.29) is 11.9 Å². The topological polar surface area (TPSA) is 29.1 Å². The molecule has 0 aromatic heterocycles. The van der Waals surface area contributed by atoms with Crippen molar-refractivity contribution in [2.24, 2.45) is 0 Å². The van der Waals surface area contributed by atoms with Gasteiger partial charge in [-0.1, -0.05) is 29.8 Å². The molecule has 2 aromatic carbocycles. The van der Waals surface area contributed by atoms with Gasteiger partial charge in [-0.3, -0.25) is 4.79 Å². The second-order valence-corrected chi connectivity index (χ2v) is 5.93. The lowest BCUT2D eigenvalue weighted by Gasteiger charge is -2.18. The van der Waals surface area contributed by atoms with Crippen LogP contribution in [0.4, 0.5) is 0 Å². The third-order valence-corrected chi connectivity index (χ3v) is 4.02. The Kier molecular flexibility index (Phi) is 4.69. The van der Waals surface area contributed by atoms with Crippen molar-refractivity contribution < 1.29 is 4.79 Å². The number of nitrogens with one attached hydrogen (secondary N) is 1. The van der Waals surface area contributed by atoms with E-state index in [0.29, 0.717) is 10.6 Å². The van der Waals surface area contributed by atoms with E-state index in [9.17, 15) is 4.79 Å². The van der Waals surface area contributed by atoms with Gasteiger partial charge in [0, 0.05) is 10.6 Å². The number of aryl methyl sites for hydroxylation is 3. The minimum atomic E-state index is -0.109. The van der Waals surface area contributed by atoms with Gasteiger partial charge < -0.3 is 5.32 Å². The highest BCUT2D eigenvalue weighted by atomic mass is 35.5. The number of carbonyl (C=O) groups is 1. The molecule has 0 unspecified atom stereocenters. The Bertz CT molecular complexity index is 679. The van der Waals surface area contributed by atoms with Crippen LogP contribution in [0.15, 0.2) is 36.4 Å². The summed E-state index contributed by atoms with van der Waals surface area (Å²) < 4.78 is 0. The molecule has 0 aliphatic carbocycles. The van der Waals surface area contributed by atoms with E-state index in [1.807, 2.05) is 6.92 Å². The van der Waals surface area contributed by atoms with Gasteiger partial charge in [0.15, 0.2) is 0 Å². The van der Waals surface area contributed by atoms with E-state index in [4.69, 9.17) is 11.6 Å². The summed E-state index contributed by atoms with van der Waals surface area (Å²) in [6.45, 7) is 8.26. The molecule has 1 atom stereocenters. The molecule has 0 aliphatic heterocycles. The molecule has 0 heterocycles. The molecular formula is C18H20ClNO. The highest BCUT2D eigenvalue weighted by Gasteiger charge is 2.14. The van der Waals surface area contributed by atoms with Crippen molar-refractivity contribution in [3.63, 3.8) is 0 Å². The quantitative estimate of drug-likeness (QED) is 0.870. The minimum Gasteiger partial charge on any atom is -0.346 e. The van der Waals surface area contributed by atoms with Crippen LogP contribution in [-0.4, -0.2) is 5.91 Å². The van der Waals surface area contributed by atoms with E-state index in [1.165, 1.54) is 16.7 Å². The van der Waals surface area contributed by atoms with Gasteiger partial charge in [0.2, 0.25) is 0 Å². The second-order valence-electron chi connectivity index (χ2n) is 5.50. The second kappa shape index (κ2) is 6.31. The van der Waals surface area contributed by atoms with Crippen LogP contribution in [0.5, 0.6) is 0 Å². The van der Waals surface area contributed by atoms with Gasteiger partial charge in [0.25, 0.3) is 5.91 Å². The van der Waals surface area contributed by atoms with Crippen LogP contribution >= 0.6 is 11.6 Å². The fourth-order valence-corrected chi connectivity index (χ4v) is 2.63. The lowest BCUT2D eigenvalue weighted by Crippen LogP contribution is -2.27. The fraction of sp³-hybridized carbons (Fsp3) is 0.278. The Morgan fingerprint density at radius 1 is 1.05 bits per heavy atom. The lowest BCUT2D eigenvalue weighted by molar-refractivity contribution is 0.0940. The molecular weight excluding hydrogens is 282 g/mol. The Labute approximate surface area is 131 Å². The average molecular weight is 302 g/mol. The van der Waals surface area contributed by atoms with Gasteiger partial charge in [-0.15, -0.1) is 0 Å². The number of hydrogen-bond acceptors (Lipinski definition) is 1. The van der Waals surface area contributed by atoms with Crippen LogP contribution in [0.2, 0.25) is 5.02 Å². The average Bonchev–Trinajstić information content (AvgIpc) is 2.42. The van der Waals surface area contributed by atoms with Crippen molar-refractivity contribution in [1.29, 1.82) is 0 Å². The van der Waals surface area contributed by atoms with E-state index in [2.05, 4.69) is 38.2 Å². The molecule has 2 rings (SSSR count). The summed E-state index contributed by atoms with van der Waals surface area (Å²) >= 11 is 5.93. The van der Waals surface area contributed by atoms with Crippen LogP contribution in [-0.2, 0) is 0 Å². The molecule has 0 fully saturated rings. The predicted octanol–water partition coefficient (Wildman–Crippen LogP) is 4.76. The highest BCUT2D eigenvalue weighted by molar-refractivity contribution is 6.30. The van der Waals surface area contributed by atoms with E-state index < -0.39 is 0 Å². The van der Waals surface area contributed by atoms with Crippen LogP contribution < -0.4 is 5.32 Å². The SMILES string of the molecule is Cc1cc(C)c([C@H](C)NC(=O)c2cccc(Cl)c2)cc1C. The number of rotatable bonds is 3. The zero-order valence-corrected chi connectivity index (χ0v) is 13.6. The molecule has 2 aromatic rings. The van der Waals surface area contributed by atoms with Crippen molar-refractivity contribution in [2.45, 2.75) is 33.7 Å². The summed E-state index contributed by atoms with van der Waals surface area (Å²) in [5.41, 5.74) is 5.42. The van der Waals surface area contributed by atoms with Gasteiger partial charge >= 0.3 is 0 Å². The molecule has 0 saturated carbocycles. The van der Waals surface area contributed by atoms with Crippen molar-refractivity contribution in [2.75, 3.05) is 0 Å². The summed E-state index contributed by atoms with van der Waals surface area (Å²) in [4.78, 5) is 12.3. The molecule has 1 amide bonds. The minimum absolute atomic E-state index is 0.0456. The Balaban J connectivity index is 2.20. The fourth-order valence-electron chi connectivity index (χ4n) is 2.44. The summed E-state index contributed by atoms with van der Waals surface area (Å²) in [5, 5.41) is 3.60. The van der Waals surface area contributed by atoms with Crippen molar-refractivity contribution in [3.05, 3.63) is 69.2 Å². The van der Waals surface area contributed by atoms with E-state index >= 15 is 0 Å². The maximum Gasteiger partial charge on any atom is 0.251 e. The van der Waals surface area contributed by atoms with Crippen molar-refractivity contribution in [1.82, 2.24) is 5.32 Å². The first-order chi connectivity index (χ1) is 9.88. The summed E-state index contributed by atoms with van der Waals surface area (Å²) in [5.74, 6) is -0.109. The van der Waals surface area contributed by atoms with Crippen molar-refractivity contribution in [3.8, 4) is 0 Å².